The maximum absolute atomic E-state index is 10.6. The Labute approximate surface area is 71.4 Å². The van der Waals surface area contributed by atoms with Crippen LogP contribution in [-0.2, 0) is 4.74 Å². The zero-order valence-electron chi connectivity index (χ0n) is 6.47. The Kier molecular flexibility index (Phi) is 6.94. The Morgan fingerprint density at radius 2 is 2.36 bits per heavy atom. The maximum Gasteiger partial charge on any atom is 0.407 e. The van der Waals surface area contributed by atoms with Crippen molar-refractivity contribution >= 4 is 17.7 Å². The van der Waals surface area contributed by atoms with Crippen LogP contribution in [0.3, 0.4) is 0 Å². The van der Waals surface area contributed by atoms with Crippen LogP contribution in [0, 0.1) is 0 Å². The Morgan fingerprint density at radius 3 is 2.91 bits per heavy atom. The molecule has 4 heteroatoms. The van der Waals surface area contributed by atoms with Crippen LogP contribution in [0.2, 0.25) is 0 Å². The van der Waals surface area contributed by atoms with Crippen LogP contribution in [0.15, 0.2) is 12.2 Å². The van der Waals surface area contributed by atoms with Crippen molar-refractivity contribution in [2.24, 2.45) is 0 Å². The summed E-state index contributed by atoms with van der Waals surface area (Å²) in [5.41, 5.74) is 0. The number of rotatable bonds is 4. The lowest BCUT2D eigenvalue weighted by atomic mass is 10.5. The van der Waals surface area contributed by atoms with E-state index in [2.05, 4.69) is 10.1 Å². The van der Waals surface area contributed by atoms with E-state index < -0.39 is 6.09 Å². The van der Waals surface area contributed by atoms with Gasteiger partial charge in [0.2, 0.25) is 0 Å². The molecule has 0 aromatic rings. The molecule has 64 valence electrons. The molecule has 11 heavy (non-hydrogen) atoms. The largest absolute Gasteiger partial charge is 0.450 e. The van der Waals surface area contributed by atoms with Crippen molar-refractivity contribution in [3.63, 3.8) is 0 Å². The van der Waals surface area contributed by atoms with Crippen LogP contribution >= 0.6 is 11.6 Å². The number of carbonyl (C=O) groups is 1. The Balaban J connectivity index is 3.24. The van der Waals surface area contributed by atoms with Crippen molar-refractivity contribution in [2.75, 3.05) is 19.0 Å². The topological polar surface area (TPSA) is 38.3 Å². The smallest absolute Gasteiger partial charge is 0.407 e. The second kappa shape index (κ2) is 7.41. The molecule has 0 heterocycles. The SMILES string of the molecule is CCOC(=O)NC/C=C/CCl. The summed E-state index contributed by atoms with van der Waals surface area (Å²) in [6.45, 7) is 2.62. The molecule has 0 spiro atoms. The summed E-state index contributed by atoms with van der Waals surface area (Å²) in [6.07, 6.45) is 3.13. The van der Waals surface area contributed by atoms with Crippen molar-refractivity contribution in [3.8, 4) is 0 Å². The van der Waals surface area contributed by atoms with Crippen molar-refractivity contribution in [2.45, 2.75) is 6.92 Å². The molecule has 0 atom stereocenters. The minimum absolute atomic E-state index is 0.394. The number of alkyl halides is 1. The van der Waals surface area contributed by atoms with Crippen molar-refractivity contribution in [1.29, 1.82) is 0 Å². The Morgan fingerprint density at radius 1 is 1.64 bits per heavy atom. The predicted octanol–water partition coefficient (Wildman–Crippen LogP) is 1.53. The van der Waals surface area contributed by atoms with E-state index in [0.717, 1.165) is 0 Å². The summed E-state index contributed by atoms with van der Waals surface area (Å²) < 4.78 is 4.61. The number of allylic oxidation sites excluding steroid dienone is 1. The van der Waals surface area contributed by atoms with Gasteiger partial charge in [0.25, 0.3) is 0 Å². The molecule has 1 N–H and O–H groups in total. The van der Waals surface area contributed by atoms with Gasteiger partial charge in [0.05, 0.1) is 6.61 Å². The van der Waals surface area contributed by atoms with Gasteiger partial charge in [0.1, 0.15) is 0 Å². The van der Waals surface area contributed by atoms with Gasteiger partial charge < -0.3 is 10.1 Å². The third-order valence-electron chi connectivity index (χ3n) is 0.895. The summed E-state index contributed by atoms with van der Waals surface area (Å²) in [6, 6.07) is 0. The van der Waals surface area contributed by atoms with Crippen LogP contribution in [0.5, 0.6) is 0 Å². The first kappa shape index (κ1) is 10.3. The highest BCUT2D eigenvalue weighted by molar-refractivity contribution is 6.18. The molecule has 0 rings (SSSR count). The Hall–Kier alpha value is -0.700. The monoisotopic (exact) mass is 177 g/mol. The number of hydrogen-bond donors (Lipinski definition) is 1. The van der Waals surface area contributed by atoms with Crippen LogP contribution < -0.4 is 5.32 Å². The van der Waals surface area contributed by atoms with Gasteiger partial charge in [-0.15, -0.1) is 11.6 Å². The molecule has 0 aliphatic heterocycles. The number of hydrogen-bond acceptors (Lipinski definition) is 2. The molecule has 0 aromatic heterocycles. The first-order valence-corrected chi connectivity index (χ1v) is 3.96. The van der Waals surface area contributed by atoms with Crippen molar-refractivity contribution in [1.82, 2.24) is 5.32 Å². The van der Waals surface area contributed by atoms with Gasteiger partial charge >= 0.3 is 6.09 Å². The van der Waals surface area contributed by atoms with Gasteiger partial charge in [-0.25, -0.2) is 4.79 Å². The van der Waals surface area contributed by atoms with E-state index in [1.165, 1.54) is 0 Å². The molecule has 0 saturated carbocycles. The van der Waals surface area contributed by atoms with Gasteiger partial charge in [-0.3, -0.25) is 0 Å². The molecular weight excluding hydrogens is 166 g/mol. The van der Waals surface area contributed by atoms with Crippen LogP contribution in [-0.4, -0.2) is 25.1 Å². The number of amides is 1. The summed E-state index contributed by atoms with van der Waals surface area (Å²) in [5.74, 6) is 0.463. The standard InChI is InChI=1S/C7H12ClNO2/c1-2-11-7(10)9-6-4-3-5-8/h3-4H,2,5-6H2,1H3,(H,9,10)/b4-3+. The number of nitrogens with one attached hydrogen (secondary N) is 1. The lowest BCUT2D eigenvalue weighted by Crippen LogP contribution is -2.24. The fourth-order valence-electron chi connectivity index (χ4n) is 0.471. The van der Waals surface area contributed by atoms with E-state index in [0.29, 0.717) is 19.0 Å². The van der Waals surface area contributed by atoms with Crippen molar-refractivity contribution in [3.05, 3.63) is 12.2 Å². The normalized spacial score (nSPS) is 10.0. The second-order valence-corrected chi connectivity index (χ2v) is 2.04. The summed E-state index contributed by atoms with van der Waals surface area (Å²) in [7, 11) is 0. The van der Waals surface area contributed by atoms with Gasteiger partial charge in [-0.1, -0.05) is 12.2 Å². The fraction of sp³-hybridized carbons (Fsp3) is 0.571. The fourth-order valence-corrected chi connectivity index (χ4v) is 0.597. The number of carbonyl (C=O) groups excluding carboxylic acids is 1. The molecule has 0 bridgehead atoms. The average molecular weight is 178 g/mol. The van der Waals surface area contributed by atoms with E-state index in [-0.39, 0.29) is 0 Å². The summed E-state index contributed by atoms with van der Waals surface area (Å²) >= 11 is 5.35. The predicted molar refractivity (Wildman–Crippen MR) is 44.9 cm³/mol. The van der Waals surface area contributed by atoms with Gasteiger partial charge in [-0.2, -0.15) is 0 Å². The molecule has 0 radical (unpaired) electrons. The van der Waals surface area contributed by atoms with Crippen LogP contribution in [0.1, 0.15) is 6.92 Å². The first-order chi connectivity index (χ1) is 5.31. The van der Waals surface area contributed by atoms with E-state index in [1.54, 1.807) is 19.1 Å². The molecule has 0 fully saturated rings. The summed E-state index contributed by atoms with van der Waals surface area (Å²) in [4.78, 5) is 10.6. The first-order valence-electron chi connectivity index (χ1n) is 3.42. The highest BCUT2D eigenvalue weighted by atomic mass is 35.5. The maximum atomic E-state index is 10.6. The van der Waals surface area contributed by atoms with Gasteiger partial charge in [0.15, 0.2) is 0 Å². The highest BCUT2D eigenvalue weighted by Gasteiger charge is 1.94. The molecule has 0 saturated heterocycles. The third kappa shape index (κ3) is 7.19. The quantitative estimate of drug-likeness (QED) is 0.523. The zero-order chi connectivity index (χ0) is 8.53. The molecule has 3 nitrogen and oxygen atoms in total. The van der Waals surface area contributed by atoms with E-state index in [4.69, 9.17) is 11.6 Å². The molecule has 0 aliphatic carbocycles. The average Bonchev–Trinajstić information content (AvgIpc) is 1.99. The van der Waals surface area contributed by atoms with Crippen LogP contribution in [0.4, 0.5) is 4.79 Å². The summed E-state index contributed by atoms with van der Waals surface area (Å²) in [5, 5.41) is 2.51. The minimum Gasteiger partial charge on any atom is -0.450 e. The molecule has 0 aromatic carbocycles. The second-order valence-electron chi connectivity index (χ2n) is 1.73. The number of alkyl carbamates (subject to hydrolysis) is 1. The lowest BCUT2D eigenvalue weighted by Gasteiger charge is -2.00. The molecular formula is C7H12ClNO2. The zero-order valence-corrected chi connectivity index (χ0v) is 7.23. The van der Waals surface area contributed by atoms with E-state index in [1.807, 2.05) is 0 Å². The van der Waals surface area contributed by atoms with Gasteiger partial charge in [-0.05, 0) is 6.92 Å². The van der Waals surface area contributed by atoms with Crippen LogP contribution in [0.25, 0.3) is 0 Å². The minimum atomic E-state index is -0.397. The lowest BCUT2D eigenvalue weighted by molar-refractivity contribution is 0.153. The number of ether oxygens (including phenoxy) is 1. The van der Waals surface area contributed by atoms with E-state index >= 15 is 0 Å². The number of halogens is 1. The molecule has 1 amide bonds. The van der Waals surface area contributed by atoms with Gasteiger partial charge in [0, 0.05) is 12.4 Å². The Bertz CT molecular complexity index is 136. The molecule has 0 aliphatic rings. The van der Waals surface area contributed by atoms with Crippen molar-refractivity contribution < 1.29 is 9.53 Å². The highest BCUT2D eigenvalue weighted by Crippen LogP contribution is 1.78. The van der Waals surface area contributed by atoms with E-state index in [9.17, 15) is 4.79 Å². The third-order valence-corrected chi connectivity index (χ3v) is 1.07. The molecule has 0 unspecified atom stereocenters.